The van der Waals surface area contributed by atoms with Crippen molar-refractivity contribution in [2.45, 2.75) is 53.2 Å². The molecular formula is C18H32ClN3O. The van der Waals surface area contributed by atoms with E-state index >= 15 is 0 Å². The topological polar surface area (TPSA) is 58.4 Å². The summed E-state index contributed by atoms with van der Waals surface area (Å²) in [5, 5.41) is 2.92. The van der Waals surface area contributed by atoms with Gasteiger partial charge in [-0.05, 0) is 30.1 Å². The number of nitrogens with two attached hydrogens (primary N) is 1. The van der Waals surface area contributed by atoms with E-state index in [1.165, 1.54) is 5.56 Å². The van der Waals surface area contributed by atoms with Crippen molar-refractivity contribution in [3.63, 3.8) is 0 Å². The number of carbonyl (C=O) groups excluding carboxylic acids is 1. The highest BCUT2D eigenvalue weighted by Crippen LogP contribution is 2.09. The summed E-state index contributed by atoms with van der Waals surface area (Å²) in [4.78, 5) is 14.3. The lowest BCUT2D eigenvalue weighted by Gasteiger charge is -2.19. The Morgan fingerprint density at radius 1 is 1.13 bits per heavy atom. The molecule has 2 atom stereocenters. The highest BCUT2D eigenvalue weighted by atomic mass is 35.5. The van der Waals surface area contributed by atoms with Gasteiger partial charge in [0.25, 0.3) is 0 Å². The Morgan fingerprint density at radius 3 is 2.13 bits per heavy atom. The van der Waals surface area contributed by atoms with Gasteiger partial charge in [0.1, 0.15) is 0 Å². The van der Waals surface area contributed by atoms with Crippen LogP contribution in [-0.4, -0.2) is 29.9 Å². The number of nitrogens with one attached hydrogen (secondary N) is 1. The van der Waals surface area contributed by atoms with Crippen LogP contribution in [0.25, 0.3) is 0 Å². The number of amides is 1. The minimum atomic E-state index is -0.424. The maximum Gasteiger partial charge on any atom is 0.237 e. The number of nitrogens with zero attached hydrogens (tertiary/aromatic N) is 1. The van der Waals surface area contributed by atoms with Crippen LogP contribution in [-0.2, 0) is 17.9 Å². The molecule has 0 aliphatic rings. The van der Waals surface area contributed by atoms with E-state index in [0.717, 1.165) is 31.6 Å². The molecule has 1 rings (SSSR count). The van der Waals surface area contributed by atoms with Gasteiger partial charge in [-0.25, -0.2) is 0 Å². The van der Waals surface area contributed by atoms with Crippen molar-refractivity contribution in [3.05, 3.63) is 35.4 Å². The molecule has 0 aromatic heterocycles. The molecule has 0 saturated carbocycles. The van der Waals surface area contributed by atoms with Gasteiger partial charge in [-0.1, -0.05) is 58.4 Å². The van der Waals surface area contributed by atoms with E-state index < -0.39 is 6.04 Å². The van der Waals surface area contributed by atoms with Gasteiger partial charge in [-0.15, -0.1) is 12.4 Å². The predicted octanol–water partition coefficient (Wildman–Crippen LogP) is 2.94. The molecule has 3 N–H and O–H groups in total. The maximum absolute atomic E-state index is 12.0. The first-order valence-corrected chi connectivity index (χ1v) is 8.35. The molecule has 1 aromatic carbocycles. The van der Waals surface area contributed by atoms with Crippen LogP contribution < -0.4 is 11.1 Å². The Hall–Kier alpha value is -1.10. The largest absolute Gasteiger partial charge is 0.351 e. The van der Waals surface area contributed by atoms with Gasteiger partial charge in [0.2, 0.25) is 5.91 Å². The van der Waals surface area contributed by atoms with E-state index in [-0.39, 0.29) is 24.2 Å². The van der Waals surface area contributed by atoms with Crippen LogP contribution in [0.15, 0.2) is 24.3 Å². The molecule has 1 aromatic rings. The number of hydrogen-bond acceptors (Lipinski definition) is 3. The second kappa shape index (κ2) is 11.4. The van der Waals surface area contributed by atoms with Crippen molar-refractivity contribution in [3.8, 4) is 0 Å². The fourth-order valence-electron chi connectivity index (χ4n) is 2.29. The zero-order chi connectivity index (χ0) is 16.5. The van der Waals surface area contributed by atoms with Crippen LogP contribution >= 0.6 is 12.4 Å². The summed E-state index contributed by atoms with van der Waals surface area (Å²) in [6.45, 7) is 12.0. The first-order chi connectivity index (χ1) is 10.5. The molecule has 4 nitrogen and oxygen atoms in total. The molecule has 0 saturated heterocycles. The van der Waals surface area contributed by atoms with Gasteiger partial charge in [-0.2, -0.15) is 0 Å². The molecule has 5 heteroatoms. The zero-order valence-corrected chi connectivity index (χ0v) is 15.7. The van der Waals surface area contributed by atoms with Gasteiger partial charge in [0.05, 0.1) is 6.04 Å². The molecule has 0 bridgehead atoms. The van der Waals surface area contributed by atoms with Crippen molar-refractivity contribution in [1.82, 2.24) is 10.2 Å². The van der Waals surface area contributed by atoms with Crippen LogP contribution in [0.3, 0.4) is 0 Å². The van der Waals surface area contributed by atoms with E-state index in [1.54, 1.807) is 0 Å². The highest BCUT2D eigenvalue weighted by Gasteiger charge is 2.18. The van der Waals surface area contributed by atoms with Crippen molar-refractivity contribution >= 4 is 18.3 Å². The van der Waals surface area contributed by atoms with Gasteiger partial charge >= 0.3 is 0 Å². The lowest BCUT2D eigenvalue weighted by Crippen LogP contribution is -2.44. The fourth-order valence-corrected chi connectivity index (χ4v) is 2.29. The normalized spacial score (nSPS) is 13.3. The molecule has 0 fully saturated rings. The molecule has 0 aliphatic carbocycles. The summed E-state index contributed by atoms with van der Waals surface area (Å²) < 4.78 is 0. The van der Waals surface area contributed by atoms with Crippen molar-refractivity contribution in [2.24, 2.45) is 11.7 Å². The van der Waals surface area contributed by atoms with Crippen LogP contribution in [0, 0.1) is 5.92 Å². The monoisotopic (exact) mass is 341 g/mol. The Balaban J connectivity index is 0.00000484. The molecule has 0 aliphatic heterocycles. The zero-order valence-electron chi connectivity index (χ0n) is 14.8. The lowest BCUT2D eigenvalue weighted by molar-refractivity contribution is -0.123. The summed E-state index contributed by atoms with van der Waals surface area (Å²) >= 11 is 0. The summed E-state index contributed by atoms with van der Waals surface area (Å²) in [5.41, 5.74) is 8.33. The minimum Gasteiger partial charge on any atom is -0.351 e. The first kappa shape index (κ1) is 21.9. The van der Waals surface area contributed by atoms with Gasteiger partial charge in [0, 0.05) is 13.1 Å². The van der Waals surface area contributed by atoms with Crippen LogP contribution in [0.1, 0.15) is 45.2 Å². The van der Waals surface area contributed by atoms with Gasteiger partial charge in [-0.3, -0.25) is 9.69 Å². The quantitative estimate of drug-likeness (QED) is 0.726. The summed E-state index contributed by atoms with van der Waals surface area (Å²) in [5.74, 6) is 0.137. The van der Waals surface area contributed by atoms with Gasteiger partial charge < -0.3 is 11.1 Å². The molecule has 0 spiro atoms. The predicted molar refractivity (Wildman–Crippen MR) is 99.6 cm³/mol. The number of carbonyl (C=O) groups is 1. The smallest absolute Gasteiger partial charge is 0.237 e. The van der Waals surface area contributed by atoms with Crippen molar-refractivity contribution < 1.29 is 4.79 Å². The van der Waals surface area contributed by atoms with E-state index in [1.807, 2.05) is 13.8 Å². The Labute approximate surface area is 147 Å². The number of halogens is 1. The SMILES string of the molecule is CCC(C)C(N)C(=O)NCc1ccc(CN(CC)CC)cc1.Cl. The number of benzene rings is 1. The number of hydrogen-bond donors (Lipinski definition) is 2. The average Bonchev–Trinajstić information content (AvgIpc) is 2.57. The molecule has 23 heavy (non-hydrogen) atoms. The third kappa shape index (κ3) is 7.34. The summed E-state index contributed by atoms with van der Waals surface area (Å²) in [6, 6.07) is 8.00. The van der Waals surface area contributed by atoms with Crippen molar-refractivity contribution in [1.29, 1.82) is 0 Å². The Kier molecular flexibility index (Phi) is 10.9. The minimum absolute atomic E-state index is 0. The second-order valence-electron chi connectivity index (χ2n) is 5.91. The molecule has 0 radical (unpaired) electrons. The first-order valence-electron chi connectivity index (χ1n) is 8.35. The lowest BCUT2D eigenvalue weighted by atomic mass is 9.99. The fraction of sp³-hybridized carbons (Fsp3) is 0.611. The molecular weight excluding hydrogens is 310 g/mol. The second-order valence-corrected chi connectivity index (χ2v) is 5.91. The van der Waals surface area contributed by atoms with Crippen LogP contribution in [0.5, 0.6) is 0 Å². The average molecular weight is 342 g/mol. The van der Waals surface area contributed by atoms with E-state index in [2.05, 4.69) is 48.3 Å². The Morgan fingerprint density at radius 2 is 1.65 bits per heavy atom. The van der Waals surface area contributed by atoms with Crippen LogP contribution in [0.4, 0.5) is 0 Å². The van der Waals surface area contributed by atoms with Crippen LogP contribution in [0.2, 0.25) is 0 Å². The van der Waals surface area contributed by atoms with E-state index in [4.69, 9.17) is 5.73 Å². The molecule has 2 unspecified atom stereocenters. The summed E-state index contributed by atoms with van der Waals surface area (Å²) in [6.07, 6.45) is 0.911. The molecule has 132 valence electrons. The van der Waals surface area contributed by atoms with Gasteiger partial charge in [0.15, 0.2) is 0 Å². The Bertz CT molecular complexity index is 446. The maximum atomic E-state index is 12.0. The third-order valence-corrected chi connectivity index (χ3v) is 4.35. The van der Waals surface area contributed by atoms with E-state index in [9.17, 15) is 4.79 Å². The third-order valence-electron chi connectivity index (χ3n) is 4.35. The summed E-state index contributed by atoms with van der Waals surface area (Å²) in [7, 11) is 0. The molecule has 0 heterocycles. The molecule has 1 amide bonds. The standard InChI is InChI=1S/C18H31N3O.ClH/c1-5-14(4)17(19)18(22)20-12-15-8-10-16(11-9-15)13-21(6-2)7-3;/h8-11,14,17H,5-7,12-13,19H2,1-4H3,(H,20,22);1H. The number of rotatable bonds is 9. The highest BCUT2D eigenvalue weighted by molar-refractivity contribution is 5.85. The van der Waals surface area contributed by atoms with Crippen molar-refractivity contribution in [2.75, 3.05) is 13.1 Å². The van der Waals surface area contributed by atoms with E-state index in [0.29, 0.717) is 6.54 Å².